The second-order valence-corrected chi connectivity index (χ2v) is 8.63. The van der Waals surface area contributed by atoms with E-state index in [4.69, 9.17) is 9.47 Å². The minimum atomic E-state index is -3.57. The van der Waals surface area contributed by atoms with E-state index in [9.17, 15) is 8.42 Å². The van der Waals surface area contributed by atoms with Crippen LogP contribution in [0.4, 0.5) is 0 Å². The Morgan fingerprint density at radius 2 is 1.88 bits per heavy atom. The minimum Gasteiger partial charge on any atom is -0.493 e. The number of methoxy groups -OCH3 is 1. The summed E-state index contributed by atoms with van der Waals surface area (Å²) in [6.07, 6.45) is 4.88. The lowest BCUT2D eigenvalue weighted by Gasteiger charge is -2.27. The van der Waals surface area contributed by atoms with Crippen LogP contribution in [0.1, 0.15) is 29.5 Å². The van der Waals surface area contributed by atoms with Gasteiger partial charge in [0.15, 0.2) is 11.5 Å². The highest BCUT2D eigenvalue weighted by Crippen LogP contribution is 2.34. The average Bonchev–Trinajstić information content (AvgIpc) is 2.66. The maximum Gasteiger partial charge on any atom is 0.240 e. The van der Waals surface area contributed by atoms with Crippen molar-refractivity contribution in [2.75, 3.05) is 13.7 Å². The van der Waals surface area contributed by atoms with Crippen LogP contribution in [0.5, 0.6) is 11.5 Å². The largest absolute Gasteiger partial charge is 0.493 e. The van der Waals surface area contributed by atoms with Gasteiger partial charge >= 0.3 is 0 Å². The summed E-state index contributed by atoms with van der Waals surface area (Å²) in [5, 5.41) is 0. The van der Waals surface area contributed by atoms with E-state index in [1.165, 1.54) is 12.0 Å². The maximum absolute atomic E-state index is 12.8. The molecule has 0 bridgehead atoms. The Morgan fingerprint density at radius 3 is 2.69 bits per heavy atom. The Hall–Kier alpha value is -2.05. The molecule has 1 N–H and O–H groups in total. The Balaban J connectivity index is 1.53. The van der Waals surface area contributed by atoms with Gasteiger partial charge < -0.3 is 9.47 Å². The third kappa shape index (κ3) is 3.31. The summed E-state index contributed by atoms with van der Waals surface area (Å²) < 4.78 is 39.5. The lowest BCUT2D eigenvalue weighted by atomic mass is 9.92. The van der Waals surface area contributed by atoms with Crippen molar-refractivity contribution in [1.29, 1.82) is 0 Å². The number of hydrogen-bond acceptors (Lipinski definition) is 4. The van der Waals surface area contributed by atoms with Gasteiger partial charge in [-0.2, -0.15) is 0 Å². The number of rotatable bonds is 4. The summed E-state index contributed by atoms with van der Waals surface area (Å²) in [7, 11) is -1.97. The molecule has 6 heteroatoms. The van der Waals surface area contributed by atoms with E-state index in [1.807, 2.05) is 30.3 Å². The molecule has 1 unspecified atom stereocenters. The van der Waals surface area contributed by atoms with Crippen LogP contribution in [0.3, 0.4) is 0 Å². The number of ether oxygens (including phenoxy) is 2. The van der Waals surface area contributed by atoms with E-state index in [0.29, 0.717) is 22.8 Å². The van der Waals surface area contributed by atoms with Crippen LogP contribution in [0.25, 0.3) is 0 Å². The molecule has 5 nitrogen and oxygen atoms in total. The normalized spacial score (nSPS) is 19.2. The number of fused-ring (bicyclic) bond motifs is 2. The van der Waals surface area contributed by atoms with Gasteiger partial charge in [-0.05, 0) is 67.0 Å². The van der Waals surface area contributed by atoms with E-state index in [2.05, 4.69) is 4.72 Å². The molecule has 0 fully saturated rings. The molecule has 0 saturated carbocycles. The summed E-state index contributed by atoms with van der Waals surface area (Å²) in [4.78, 5) is 0.342. The maximum atomic E-state index is 12.8. The minimum absolute atomic E-state index is 0.289. The fraction of sp³-hybridized carbons (Fsp3) is 0.400. The van der Waals surface area contributed by atoms with Gasteiger partial charge in [0.1, 0.15) is 6.61 Å². The standard InChI is InChI=1S/C20H23NO4S/c1-24-19-8-4-7-16-11-17(13-25-20(16)19)21-26(22,23)18-10-9-14-5-2-3-6-15(14)12-18/h4,7-10,12,17,21H,2-3,5-6,11,13H2,1H3. The number of aryl methyl sites for hydroxylation is 2. The SMILES string of the molecule is COc1cccc2c1OCC(NS(=O)(=O)c1ccc3c(c1)CCCC3)C2. The number of sulfonamides is 1. The molecule has 2 aromatic rings. The van der Waals surface area contributed by atoms with E-state index in [-0.39, 0.29) is 12.6 Å². The Kier molecular flexibility index (Phi) is 4.63. The fourth-order valence-electron chi connectivity index (χ4n) is 3.80. The Bertz CT molecular complexity index is 923. The Morgan fingerprint density at radius 1 is 1.08 bits per heavy atom. The molecule has 0 radical (unpaired) electrons. The zero-order chi connectivity index (χ0) is 18.1. The van der Waals surface area contributed by atoms with Gasteiger partial charge in [0, 0.05) is 0 Å². The summed E-state index contributed by atoms with van der Waals surface area (Å²) in [5.41, 5.74) is 3.39. The number of para-hydroxylation sites is 1. The number of nitrogens with one attached hydrogen (secondary N) is 1. The van der Waals surface area contributed by atoms with Crippen molar-refractivity contribution in [2.45, 2.75) is 43.0 Å². The third-order valence-corrected chi connectivity index (χ3v) is 6.65. The monoisotopic (exact) mass is 373 g/mol. The summed E-state index contributed by atoms with van der Waals surface area (Å²) >= 11 is 0. The molecule has 0 saturated heterocycles. The van der Waals surface area contributed by atoms with E-state index >= 15 is 0 Å². The fourth-order valence-corrected chi connectivity index (χ4v) is 5.07. The van der Waals surface area contributed by atoms with Gasteiger partial charge in [-0.3, -0.25) is 0 Å². The van der Waals surface area contributed by atoms with Crippen molar-refractivity contribution >= 4 is 10.0 Å². The van der Waals surface area contributed by atoms with Gasteiger partial charge in [0.2, 0.25) is 10.0 Å². The molecule has 2 aromatic carbocycles. The first-order chi connectivity index (χ1) is 12.6. The van der Waals surface area contributed by atoms with Crippen molar-refractivity contribution in [3.05, 3.63) is 53.1 Å². The predicted molar refractivity (Wildman–Crippen MR) is 99.4 cm³/mol. The molecule has 0 spiro atoms. The second kappa shape index (κ2) is 6.93. The topological polar surface area (TPSA) is 64.6 Å². The van der Waals surface area contributed by atoms with Gasteiger partial charge in [-0.25, -0.2) is 13.1 Å². The highest BCUT2D eigenvalue weighted by molar-refractivity contribution is 7.89. The van der Waals surface area contributed by atoms with Gasteiger partial charge in [0.05, 0.1) is 18.0 Å². The van der Waals surface area contributed by atoms with E-state index < -0.39 is 10.0 Å². The predicted octanol–water partition coefficient (Wildman–Crippen LogP) is 2.86. The van der Waals surface area contributed by atoms with Gasteiger partial charge in [-0.15, -0.1) is 0 Å². The van der Waals surface area contributed by atoms with E-state index in [0.717, 1.165) is 30.4 Å². The lowest BCUT2D eigenvalue weighted by molar-refractivity contribution is 0.240. The lowest BCUT2D eigenvalue weighted by Crippen LogP contribution is -2.42. The first-order valence-electron chi connectivity index (χ1n) is 8.99. The molecule has 2 aliphatic rings. The first-order valence-corrected chi connectivity index (χ1v) is 10.5. The second-order valence-electron chi connectivity index (χ2n) is 6.92. The molecule has 0 aromatic heterocycles. The van der Waals surface area contributed by atoms with Crippen LogP contribution in [-0.2, 0) is 29.3 Å². The third-order valence-electron chi connectivity index (χ3n) is 5.13. The highest BCUT2D eigenvalue weighted by atomic mass is 32.2. The molecule has 1 heterocycles. The van der Waals surface area contributed by atoms with Gasteiger partial charge in [0.25, 0.3) is 0 Å². The van der Waals surface area contributed by atoms with Crippen LogP contribution in [-0.4, -0.2) is 28.2 Å². The molecular weight excluding hydrogens is 350 g/mol. The van der Waals surface area contributed by atoms with Crippen molar-refractivity contribution in [2.24, 2.45) is 0 Å². The van der Waals surface area contributed by atoms with Crippen LogP contribution >= 0.6 is 0 Å². The Labute approximate surface area is 154 Å². The molecule has 1 atom stereocenters. The smallest absolute Gasteiger partial charge is 0.240 e. The highest BCUT2D eigenvalue weighted by Gasteiger charge is 2.27. The first kappa shape index (κ1) is 17.4. The summed E-state index contributed by atoms with van der Waals surface area (Å²) in [6.45, 7) is 0.289. The zero-order valence-electron chi connectivity index (χ0n) is 14.8. The molecule has 26 heavy (non-hydrogen) atoms. The number of hydrogen-bond donors (Lipinski definition) is 1. The quantitative estimate of drug-likeness (QED) is 0.895. The molecule has 1 aliphatic heterocycles. The average molecular weight is 373 g/mol. The van der Waals surface area contributed by atoms with Crippen molar-refractivity contribution < 1.29 is 17.9 Å². The molecule has 1 aliphatic carbocycles. The van der Waals surface area contributed by atoms with Crippen LogP contribution < -0.4 is 14.2 Å². The van der Waals surface area contributed by atoms with Crippen molar-refractivity contribution in [3.8, 4) is 11.5 Å². The van der Waals surface area contributed by atoms with Crippen LogP contribution in [0.15, 0.2) is 41.3 Å². The molecule has 138 valence electrons. The van der Waals surface area contributed by atoms with Crippen LogP contribution in [0.2, 0.25) is 0 Å². The van der Waals surface area contributed by atoms with Gasteiger partial charge in [-0.1, -0.05) is 18.2 Å². The summed E-state index contributed by atoms with van der Waals surface area (Å²) in [5.74, 6) is 1.39. The molecular formula is C20H23NO4S. The van der Waals surface area contributed by atoms with E-state index in [1.54, 1.807) is 13.2 Å². The zero-order valence-corrected chi connectivity index (χ0v) is 15.6. The molecule has 4 rings (SSSR count). The molecule has 0 amide bonds. The van der Waals surface area contributed by atoms with Crippen molar-refractivity contribution in [3.63, 3.8) is 0 Å². The summed E-state index contributed by atoms with van der Waals surface area (Å²) in [6, 6.07) is 10.9. The van der Waals surface area contributed by atoms with Crippen LogP contribution in [0, 0.1) is 0 Å². The van der Waals surface area contributed by atoms with Crippen molar-refractivity contribution in [1.82, 2.24) is 4.72 Å². The number of benzene rings is 2.